The van der Waals surface area contributed by atoms with Crippen LogP contribution in [0.2, 0.25) is 0 Å². The van der Waals surface area contributed by atoms with Gasteiger partial charge in [-0.05, 0) is 56.0 Å². The number of thiophene rings is 1. The van der Waals surface area contributed by atoms with Gasteiger partial charge < -0.3 is 9.88 Å². The predicted molar refractivity (Wildman–Crippen MR) is 193 cm³/mol. The zero-order valence-corrected chi connectivity index (χ0v) is 30.8. The van der Waals surface area contributed by atoms with Gasteiger partial charge in [-0.3, -0.25) is 14.6 Å². The lowest BCUT2D eigenvalue weighted by molar-refractivity contribution is -0.126. The summed E-state index contributed by atoms with van der Waals surface area (Å²) in [6, 6.07) is 10.2. The fourth-order valence-electron chi connectivity index (χ4n) is 7.26. The normalized spacial score (nSPS) is 19.4. The number of hydrogen-bond donors (Lipinski definition) is 1. The van der Waals surface area contributed by atoms with Crippen LogP contribution >= 0.6 is 11.3 Å². The summed E-state index contributed by atoms with van der Waals surface area (Å²) in [6.07, 6.45) is -2.59. The van der Waals surface area contributed by atoms with Crippen LogP contribution in [-0.2, 0) is 36.0 Å². The Labute approximate surface area is 300 Å². The van der Waals surface area contributed by atoms with Gasteiger partial charge in [-0.15, -0.1) is 15.6 Å². The van der Waals surface area contributed by atoms with E-state index < -0.39 is 28.8 Å². The maximum absolute atomic E-state index is 13.1. The lowest BCUT2D eigenvalue weighted by atomic mass is 10.0. The average Bonchev–Trinajstić information content (AvgIpc) is 3.65. The summed E-state index contributed by atoms with van der Waals surface area (Å²) in [4.78, 5) is 18.1. The molecule has 6 rings (SSSR count). The largest absolute Gasteiger partial charge is 0.393 e. The van der Waals surface area contributed by atoms with Gasteiger partial charge in [0.05, 0.1) is 24.6 Å². The summed E-state index contributed by atoms with van der Waals surface area (Å²) in [5.74, 6) is 1.22. The third-order valence-electron chi connectivity index (χ3n) is 10.1. The molecular formula is C35H42F3N9O2S2. The van der Waals surface area contributed by atoms with Crippen LogP contribution in [-0.4, -0.2) is 100 Å². The van der Waals surface area contributed by atoms with Crippen molar-refractivity contribution in [1.82, 2.24) is 28.6 Å². The van der Waals surface area contributed by atoms with Crippen molar-refractivity contribution in [3.05, 3.63) is 63.2 Å². The first-order valence-electron chi connectivity index (χ1n) is 17.1. The minimum Gasteiger partial charge on any atom is -0.367 e. The number of hydrogen-bond acceptors (Lipinski definition) is 9. The second-order valence-electron chi connectivity index (χ2n) is 13.6. The highest BCUT2D eigenvalue weighted by Gasteiger charge is 2.38. The van der Waals surface area contributed by atoms with Crippen molar-refractivity contribution in [3.63, 3.8) is 0 Å². The molecule has 0 unspecified atom stereocenters. The van der Waals surface area contributed by atoms with Gasteiger partial charge in [0.2, 0.25) is 10.0 Å². The maximum Gasteiger partial charge on any atom is 0.393 e. The lowest BCUT2D eigenvalue weighted by Gasteiger charge is -2.37. The molecule has 2 aliphatic heterocycles. The van der Waals surface area contributed by atoms with Crippen molar-refractivity contribution in [2.24, 2.45) is 0 Å². The number of nitrogens with one attached hydrogen (secondary N) is 1. The molecule has 51 heavy (non-hydrogen) atoms. The second kappa shape index (κ2) is 14.7. The summed E-state index contributed by atoms with van der Waals surface area (Å²) < 4.78 is 66.9. The van der Waals surface area contributed by atoms with Crippen LogP contribution in [0.5, 0.6) is 0 Å². The number of rotatable bonds is 10. The number of aryl methyl sites for hydroxylation is 2. The Morgan fingerprint density at radius 1 is 1.16 bits per heavy atom. The SMILES string of the molecule is [C-]#[N+][C@@H]1CN([C@@H](C)Cn2c(C#N)cc3c(C)c(CN4CCC(Nc5nc(CC)nc6sc(CC(F)(F)F)cc56)CC4)ccc32)CCN1S(C)(=O)=O. The van der Waals surface area contributed by atoms with Gasteiger partial charge >= 0.3 is 12.3 Å². The van der Waals surface area contributed by atoms with E-state index in [0.29, 0.717) is 53.6 Å². The number of piperidine rings is 1. The number of nitriles is 1. The number of anilines is 1. The summed E-state index contributed by atoms with van der Waals surface area (Å²) in [6.45, 7) is 17.7. The van der Waals surface area contributed by atoms with Crippen LogP contribution in [0.4, 0.5) is 19.0 Å². The number of piperazine rings is 1. The number of likely N-dealkylation sites (tertiary alicyclic amines) is 1. The molecule has 1 aromatic carbocycles. The summed E-state index contributed by atoms with van der Waals surface area (Å²) in [5, 5.41) is 15.3. The highest BCUT2D eigenvalue weighted by Crippen LogP contribution is 2.34. The first-order valence-corrected chi connectivity index (χ1v) is 19.8. The summed E-state index contributed by atoms with van der Waals surface area (Å²) in [7, 11) is -3.47. The van der Waals surface area contributed by atoms with Crippen molar-refractivity contribution in [2.75, 3.05) is 44.3 Å². The molecule has 0 spiro atoms. The molecule has 2 saturated heterocycles. The highest BCUT2D eigenvalue weighted by atomic mass is 32.2. The lowest BCUT2D eigenvalue weighted by Crippen LogP contribution is -2.56. The topological polar surface area (TPSA) is 115 Å². The number of fused-ring (bicyclic) bond motifs is 2. The Hall–Kier alpha value is -3.80. The van der Waals surface area contributed by atoms with Gasteiger partial charge in [-0.2, -0.15) is 18.4 Å². The first-order chi connectivity index (χ1) is 24.2. The summed E-state index contributed by atoms with van der Waals surface area (Å²) >= 11 is 1.08. The molecule has 0 amide bonds. The standard InChI is InChI=1S/C35H42F3N9O2S2/c1-6-31-42-33(29-16-27(17-35(36,37)38)50-34(29)43-31)41-25-9-11-44(12-10-25)20-24-7-8-30-28(23(24)3)15-26(18-39)46(30)19-22(2)45-13-14-47(51(5,48)49)32(21-45)40-4/h7-8,15-16,22,25,32H,6,9-14,17,19-21H2,1-3,5H3,(H,41,42,43)/t22-,32-/m0/s1. The molecule has 0 radical (unpaired) electrons. The Balaban J connectivity index is 1.11. The maximum atomic E-state index is 13.1. The fourth-order valence-corrected chi connectivity index (χ4v) is 9.31. The number of alkyl halides is 3. The molecule has 2 aliphatic rings. The summed E-state index contributed by atoms with van der Waals surface area (Å²) in [5.41, 5.74) is 3.82. The van der Waals surface area contributed by atoms with Gasteiger partial charge in [0, 0.05) is 73.6 Å². The van der Waals surface area contributed by atoms with Gasteiger partial charge in [0.15, 0.2) is 0 Å². The number of nitrogens with zero attached hydrogens (tertiary/aromatic N) is 8. The molecule has 11 nitrogen and oxygen atoms in total. The first kappa shape index (κ1) is 37.0. The Bertz CT molecular complexity index is 2110. The molecule has 1 N–H and O–H groups in total. The molecule has 0 saturated carbocycles. The van der Waals surface area contributed by atoms with E-state index in [0.717, 1.165) is 66.5 Å². The van der Waals surface area contributed by atoms with Crippen LogP contribution in [0.25, 0.3) is 26.0 Å². The number of sulfonamides is 1. The van der Waals surface area contributed by atoms with E-state index in [-0.39, 0.29) is 23.5 Å². The van der Waals surface area contributed by atoms with Crippen LogP contribution in [0.15, 0.2) is 24.3 Å². The van der Waals surface area contributed by atoms with Gasteiger partial charge in [-0.25, -0.2) is 25.0 Å². The Morgan fingerprint density at radius 2 is 1.90 bits per heavy atom. The van der Waals surface area contributed by atoms with Gasteiger partial charge in [0.1, 0.15) is 28.2 Å². The molecule has 0 bridgehead atoms. The monoisotopic (exact) mass is 741 g/mol. The molecule has 4 aromatic rings. The van der Waals surface area contributed by atoms with Crippen molar-refractivity contribution < 1.29 is 21.6 Å². The molecule has 272 valence electrons. The third kappa shape index (κ3) is 8.16. The predicted octanol–water partition coefficient (Wildman–Crippen LogP) is 5.78. The molecule has 3 aromatic heterocycles. The van der Waals surface area contributed by atoms with E-state index in [9.17, 15) is 26.9 Å². The van der Waals surface area contributed by atoms with E-state index in [1.807, 2.05) is 24.5 Å². The van der Waals surface area contributed by atoms with Crippen LogP contribution < -0.4 is 5.32 Å². The minimum absolute atomic E-state index is 0.0257. The molecular weight excluding hydrogens is 700 g/mol. The van der Waals surface area contributed by atoms with Crippen LogP contribution in [0, 0.1) is 24.8 Å². The molecule has 5 heterocycles. The molecule has 2 atom stereocenters. The quantitative estimate of drug-likeness (QED) is 0.204. The third-order valence-corrected chi connectivity index (χ3v) is 12.4. The van der Waals surface area contributed by atoms with E-state index >= 15 is 0 Å². The van der Waals surface area contributed by atoms with Crippen molar-refractivity contribution in [2.45, 2.75) is 84.0 Å². The molecule has 0 aliphatic carbocycles. The molecule has 16 heteroatoms. The second-order valence-corrected chi connectivity index (χ2v) is 16.7. The zero-order valence-electron chi connectivity index (χ0n) is 29.2. The van der Waals surface area contributed by atoms with Crippen LogP contribution in [0.1, 0.15) is 54.2 Å². The van der Waals surface area contributed by atoms with Gasteiger partial charge in [0.25, 0.3) is 0 Å². The van der Waals surface area contributed by atoms with E-state index in [1.54, 1.807) is 6.07 Å². The van der Waals surface area contributed by atoms with E-state index in [2.05, 4.69) is 55.1 Å². The van der Waals surface area contributed by atoms with Crippen LogP contribution in [0.3, 0.4) is 0 Å². The smallest absolute Gasteiger partial charge is 0.367 e. The van der Waals surface area contributed by atoms with E-state index in [4.69, 9.17) is 6.57 Å². The Morgan fingerprint density at radius 3 is 2.55 bits per heavy atom. The number of aromatic nitrogens is 3. The highest BCUT2D eigenvalue weighted by molar-refractivity contribution is 7.88. The van der Waals surface area contributed by atoms with Crippen molar-refractivity contribution >= 4 is 48.3 Å². The Kier molecular flexibility index (Phi) is 10.6. The minimum atomic E-state index is -4.28. The zero-order chi connectivity index (χ0) is 36.7. The molecule has 2 fully saturated rings. The average molecular weight is 742 g/mol. The number of benzene rings is 1. The number of halogens is 3. The fraction of sp³-hybridized carbons (Fsp3) is 0.543. The van der Waals surface area contributed by atoms with Crippen molar-refractivity contribution in [3.8, 4) is 6.07 Å². The van der Waals surface area contributed by atoms with E-state index in [1.165, 1.54) is 9.87 Å². The van der Waals surface area contributed by atoms with Crippen molar-refractivity contribution in [1.29, 1.82) is 5.26 Å². The van der Waals surface area contributed by atoms with Gasteiger partial charge in [-0.1, -0.05) is 13.0 Å².